The average Bonchev–Trinajstić information content (AvgIpc) is 3.35. The summed E-state index contributed by atoms with van der Waals surface area (Å²) < 4.78 is 6.16. The van der Waals surface area contributed by atoms with Gasteiger partial charge in [-0.3, -0.25) is 19.2 Å². The van der Waals surface area contributed by atoms with Crippen molar-refractivity contribution in [2.75, 3.05) is 5.32 Å². The minimum Gasteiger partial charge on any atom is -0.481 e. The maximum absolute atomic E-state index is 14.0. The first-order chi connectivity index (χ1) is 24.1. The molecule has 0 saturated heterocycles. The molecule has 0 aliphatic heterocycles. The Labute approximate surface area is 311 Å². The van der Waals surface area contributed by atoms with Crippen LogP contribution in [-0.2, 0) is 23.9 Å². The van der Waals surface area contributed by atoms with Crippen molar-refractivity contribution in [1.82, 2.24) is 0 Å². The molecule has 0 aromatic heterocycles. The Morgan fingerprint density at radius 1 is 0.923 bits per heavy atom. The number of anilines is 1. The number of rotatable bonds is 8. The topological polar surface area (TPSA) is 110 Å². The van der Waals surface area contributed by atoms with Crippen molar-refractivity contribution in [3.05, 3.63) is 53.1 Å². The van der Waals surface area contributed by atoms with Gasteiger partial charge < -0.3 is 15.2 Å². The fraction of sp³-hybridized carbons (Fsp3) is 0.689. The van der Waals surface area contributed by atoms with E-state index in [1.165, 1.54) is 5.57 Å². The number of carboxylic acid groups (broad SMARTS) is 1. The van der Waals surface area contributed by atoms with Crippen molar-refractivity contribution in [1.29, 1.82) is 0 Å². The highest BCUT2D eigenvalue weighted by molar-refractivity contribution is 6.02. The van der Waals surface area contributed by atoms with E-state index in [4.69, 9.17) is 4.74 Å². The molecule has 4 fully saturated rings. The number of aryl methyl sites for hydroxylation is 1. The second kappa shape index (κ2) is 13.0. The maximum Gasteiger partial charge on any atom is 0.309 e. The molecule has 284 valence electrons. The van der Waals surface area contributed by atoms with Gasteiger partial charge in [-0.15, -0.1) is 0 Å². The number of hydrogen-bond donors (Lipinski definition) is 2. The molecule has 2 N–H and O–H groups in total. The van der Waals surface area contributed by atoms with E-state index in [0.717, 1.165) is 68.2 Å². The summed E-state index contributed by atoms with van der Waals surface area (Å²) in [4.78, 5) is 52.0. The second-order valence-corrected chi connectivity index (χ2v) is 19.7. The van der Waals surface area contributed by atoms with Crippen molar-refractivity contribution in [3.8, 4) is 0 Å². The number of amides is 1. The number of hydrogen-bond acceptors (Lipinski definition) is 5. The number of Topliss-reactive ketones (excluding diaryl/α,β-unsaturated/α-hetero) is 1. The predicted molar refractivity (Wildman–Crippen MR) is 204 cm³/mol. The summed E-state index contributed by atoms with van der Waals surface area (Å²) >= 11 is 0. The average molecular weight is 714 g/mol. The summed E-state index contributed by atoms with van der Waals surface area (Å²) in [6.07, 6.45) is 11.7. The number of carbonyl (C=O) groups excluding carboxylic acids is 3. The van der Waals surface area contributed by atoms with Crippen LogP contribution in [0, 0.1) is 63.1 Å². The molecule has 7 nitrogen and oxygen atoms in total. The Morgan fingerprint density at radius 2 is 1.60 bits per heavy atom. The summed E-state index contributed by atoms with van der Waals surface area (Å²) in [5.74, 6) is -0.0583. The second-order valence-electron chi connectivity index (χ2n) is 19.7. The minimum atomic E-state index is -1.17. The molecule has 1 amide bonds. The Morgan fingerprint density at radius 3 is 2.23 bits per heavy atom. The number of carboxylic acids is 1. The van der Waals surface area contributed by atoms with Gasteiger partial charge in [0.05, 0.1) is 11.8 Å². The Balaban J connectivity index is 1.28. The zero-order valence-electron chi connectivity index (χ0n) is 33.4. The number of fused-ring (bicyclic) bond motifs is 7. The maximum atomic E-state index is 14.0. The van der Waals surface area contributed by atoms with Crippen LogP contribution in [0.2, 0.25) is 0 Å². The molecule has 1 aromatic rings. The Bertz CT molecular complexity index is 1700. The van der Waals surface area contributed by atoms with E-state index in [-0.39, 0.29) is 57.7 Å². The third-order valence-corrected chi connectivity index (χ3v) is 15.7. The van der Waals surface area contributed by atoms with Gasteiger partial charge in [-0.25, -0.2) is 0 Å². The lowest BCUT2D eigenvalue weighted by Gasteiger charge is -2.72. The van der Waals surface area contributed by atoms with Crippen LogP contribution in [0.1, 0.15) is 132 Å². The highest BCUT2D eigenvalue weighted by atomic mass is 16.5. The van der Waals surface area contributed by atoms with Crippen molar-refractivity contribution < 1.29 is 29.0 Å². The van der Waals surface area contributed by atoms with Gasteiger partial charge in [0.2, 0.25) is 5.91 Å². The van der Waals surface area contributed by atoms with Crippen LogP contribution in [0.3, 0.4) is 0 Å². The molecule has 6 rings (SSSR count). The van der Waals surface area contributed by atoms with Crippen LogP contribution in [0.4, 0.5) is 5.69 Å². The largest absolute Gasteiger partial charge is 0.481 e. The van der Waals surface area contributed by atoms with Crippen LogP contribution in [0.15, 0.2) is 47.6 Å². The lowest BCUT2D eigenvalue weighted by atomic mass is 9.33. The monoisotopic (exact) mass is 713 g/mol. The molecule has 0 radical (unpaired) electrons. The number of benzene rings is 1. The lowest BCUT2D eigenvalue weighted by molar-refractivity contribution is -0.232. The third-order valence-electron chi connectivity index (χ3n) is 15.7. The highest BCUT2D eigenvalue weighted by Gasteiger charge is 2.70. The number of carbonyl (C=O) groups is 4. The van der Waals surface area contributed by atoms with E-state index in [9.17, 15) is 24.3 Å². The molecular weight excluding hydrogens is 650 g/mol. The number of allylic oxidation sites excluding steroid dienone is 3. The van der Waals surface area contributed by atoms with Crippen molar-refractivity contribution in [2.45, 2.75) is 140 Å². The van der Waals surface area contributed by atoms with Gasteiger partial charge in [0.15, 0.2) is 5.78 Å². The number of aliphatic carboxylic acids is 1. The van der Waals surface area contributed by atoms with Crippen LogP contribution >= 0.6 is 0 Å². The molecule has 52 heavy (non-hydrogen) atoms. The number of ketones is 1. The van der Waals surface area contributed by atoms with Gasteiger partial charge >= 0.3 is 11.9 Å². The summed E-state index contributed by atoms with van der Waals surface area (Å²) in [6.45, 7) is 21.6. The zero-order valence-corrected chi connectivity index (χ0v) is 33.4. The molecule has 7 heteroatoms. The molecule has 1 aromatic carbocycles. The normalized spacial score (nSPS) is 36.9. The van der Waals surface area contributed by atoms with E-state index < -0.39 is 22.8 Å². The fourth-order valence-electron chi connectivity index (χ4n) is 12.7. The van der Waals surface area contributed by atoms with Crippen molar-refractivity contribution in [2.24, 2.45) is 56.2 Å². The molecule has 0 bridgehead atoms. The molecule has 5 aliphatic carbocycles. The van der Waals surface area contributed by atoms with Crippen LogP contribution in [0.25, 0.3) is 0 Å². The molecule has 0 spiro atoms. The molecule has 8 atom stereocenters. The first kappa shape index (κ1) is 38.5. The first-order valence-electron chi connectivity index (χ1n) is 19.9. The van der Waals surface area contributed by atoms with Gasteiger partial charge in [-0.05, 0) is 135 Å². The quantitative estimate of drug-likeness (QED) is 0.205. The summed E-state index contributed by atoms with van der Waals surface area (Å²) in [5, 5.41) is 12.6. The summed E-state index contributed by atoms with van der Waals surface area (Å²) in [5.41, 5.74) is 2.54. The molecule has 0 heterocycles. The number of nitrogens with one attached hydrogen (secondary N) is 1. The number of esters is 1. The van der Waals surface area contributed by atoms with Gasteiger partial charge in [0.25, 0.3) is 0 Å². The Kier molecular flexibility index (Phi) is 9.60. The van der Waals surface area contributed by atoms with E-state index in [1.54, 1.807) is 19.9 Å². The third kappa shape index (κ3) is 6.00. The van der Waals surface area contributed by atoms with Gasteiger partial charge in [0.1, 0.15) is 6.10 Å². The standard InChI is InChI=1S/C45H63NO6/c1-27(2)37-31(47)25-45(22-19-35(48)46-29-13-11-28(3)12-14-29)24-23-43(9)30(38(37)45)15-16-33-42(8)20-18-34(52-36(49)26-40(4,5)39(50)51)41(6,7)32(42)17-21-44(33,43)10/h11-14,19,22,27,30,32-34H,15-18,20-21,23-26H2,1-10H3,(H,46,48)(H,50,51)/b22-19+/t30?,32-,33+,34-,42-,43+,44+,45-/m0/s1. The van der Waals surface area contributed by atoms with Crippen LogP contribution < -0.4 is 5.32 Å². The van der Waals surface area contributed by atoms with E-state index in [2.05, 4.69) is 59.9 Å². The molecule has 4 saturated carbocycles. The summed E-state index contributed by atoms with van der Waals surface area (Å²) in [6, 6.07) is 7.82. The molecular formula is C45H63NO6. The van der Waals surface area contributed by atoms with Crippen LogP contribution in [-0.4, -0.2) is 34.8 Å². The van der Waals surface area contributed by atoms with Crippen molar-refractivity contribution >= 4 is 29.3 Å². The van der Waals surface area contributed by atoms with Crippen LogP contribution in [0.5, 0.6) is 0 Å². The first-order valence-corrected chi connectivity index (χ1v) is 19.9. The van der Waals surface area contributed by atoms with Gasteiger partial charge in [-0.1, -0.05) is 72.2 Å². The lowest BCUT2D eigenvalue weighted by Crippen LogP contribution is -2.65. The smallest absolute Gasteiger partial charge is 0.309 e. The zero-order chi connectivity index (χ0) is 38.2. The van der Waals surface area contributed by atoms with Gasteiger partial charge in [0, 0.05) is 29.0 Å². The SMILES string of the molecule is Cc1ccc(NC(=O)/C=C/[C@@]23CC[C@]4(C)C(CC[C@@H]5[C@@]6(C)CC[C@H](OC(=O)CC(C)(C)C(=O)O)C(C)(C)[C@@H]6CC[C@]54C)C2=C(C(C)C)C(=O)C3)cc1. The van der Waals surface area contributed by atoms with Crippen molar-refractivity contribution in [3.63, 3.8) is 0 Å². The minimum absolute atomic E-state index is 0.00135. The van der Waals surface area contributed by atoms with E-state index in [0.29, 0.717) is 18.3 Å². The predicted octanol–water partition coefficient (Wildman–Crippen LogP) is 9.88. The Hall–Kier alpha value is -3.22. The van der Waals surface area contributed by atoms with E-state index >= 15 is 0 Å². The number of ether oxygens (including phenoxy) is 1. The molecule has 5 aliphatic rings. The molecule has 1 unspecified atom stereocenters. The van der Waals surface area contributed by atoms with Gasteiger partial charge in [-0.2, -0.15) is 0 Å². The highest BCUT2D eigenvalue weighted by Crippen LogP contribution is 2.77. The summed E-state index contributed by atoms with van der Waals surface area (Å²) in [7, 11) is 0. The van der Waals surface area contributed by atoms with E-state index in [1.807, 2.05) is 31.2 Å². The fourth-order valence-corrected chi connectivity index (χ4v) is 12.7.